The highest BCUT2D eigenvalue weighted by molar-refractivity contribution is 5.25. The maximum atomic E-state index is 8.36. The van der Waals surface area contributed by atoms with Crippen molar-refractivity contribution in [2.45, 2.75) is 24.3 Å². The molecule has 0 N–H and O–H groups in total. The van der Waals surface area contributed by atoms with Gasteiger partial charge in [0.25, 0.3) is 0 Å². The standard InChI is InChI=1S/C6H6N6O/c7-11-9-5-6(10-12-8)2-1-4(3-6)13-5/h1-2,4-5H,3H2. The average Bonchev–Trinajstić information content (AvgIpc) is 2.63. The molecule has 2 bridgehead atoms. The molecule has 0 spiro atoms. The van der Waals surface area contributed by atoms with Crippen molar-refractivity contribution in [1.29, 1.82) is 0 Å². The summed E-state index contributed by atoms with van der Waals surface area (Å²) in [4.78, 5) is 5.38. The third kappa shape index (κ3) is 1.03. The molecule has 0 amide bonds. The third-order valence-corrected chi connectivity index (χ3v) is 2.25. The second-order valence-electron chi connectivity index (χ2n) is 2.98. The Labute approximate surface area is 73.2 Å². The van der Waals surface area contributed by atoms with Crippen LogP contribution in [0.4, 0.5) is 0 Å². The van der Waals surface area contributed by atoms with Crippen LogP contribution in [0.2, 0.25) is 0 Å². The maximum Gasteiger partial charge on any atom is 0.152 e. The Bertz CT molecular complexity index is 352. The quantitative estimate of drug-likeness (QED) is 0.274. The highest BCUT2D eigenvalue weighted by Crippen LogP contribution is 2.42. The molecule has 13 heavy (non-hydrogen) atoms. The van der Waals surface area contributed by atoms with Crippen LogP contribution >= 0.6 is 0 Å². The zero-order valence-electron chi connectivity index (χ0n) is 6.61. The number of nitrogens with zero attached hydrogens (tertiary/aromatic N) is 6. The molecular formula is C6H6N6O. The van der Waals surface area contributed by atoms with Gasteiger partial charge in [0.15, 0.2) is 6.23 Å². The molecule has 7 nitrogen and oxygen atoms in total. The molecule has 3 unspecified atom stereocenters. The summed E-state index contributed by atoms with van der Waals surface area (Å²) in [5.41, 5.74) is 15.8. The van der Waals surface area contributed by atoms with Gasteiger partial charge in [0, 0.05) is 9.82 Å². The number of azide groups is 2. The van der Waals surface area contributed by atoms with Crippen molar-refractivity contribution >= 4 is 0 Å². The lowest BCUT2D eigenvalue weighted by Gasteiger charge is -2.21. The Morgan fingerprint density at radius 3 is 2.92 bits per heavy atom. The molecule has 3 atom stereocenters. The van der Waals surface area contributed by atoms with Crippen molar-refractivity contribution in [2.24, 2.45) is 10.2 Å². The number of hydrogen-bond acceptors (Lipinski definition) is 3. The van der Waals surface area contributed by atoms with Crippen molar-refractivity contribution in [3.05, 3.63) is 33.0 Å². The first-order chi connectivity index (χ1) is 6.30. The summed E-state index contributed by atoms with van der Waals surface area (Å²) in [6.45, 7) is 0. The van der Waals surface area contributed by atoms with Crippen LogP contribution in [-0.4, -0.2) is 17.9 Å². The number of rotatable bonds is 2. The molecule has 0 aromatic rings. The molecule has 7 heteroatoms. The molecule has 1 fully saturated rings. The number of fused-ring (bicyclic) bond motifs is 2. The Morgan fingerprint density at radius 1 is 1.46 bits per heavy atom. The fourth-order valence-electron chi connectivity index (χ4n) is 1.67. The molecule has 1 aliphatic heterocycles. The highest BCUT2D eigenvalue weighted by atomic mass is 16.5. The Morgan fingerprint density at radius 2 is 2.31 bits per heavy atom. The molecule has 1 heterocycles. The fraction of sp³-hybridized carbons (Fsp3) is 0.667. The molecule has 0 aromatic carbocycles. The minimum Gasteiger partial charge on any atom is -0.364 e. The Balaban J connectivity index is 2.38. The molecule has 2 aliphatic rings. The molecule has 0 radical (unpaired) electrons. The lowest BCUT2D eigenvalue weighted by atomic mass is 10.0. The molecule has 1 aliphatic carbocycles. The van der Waals surface area contributed by atoms with Crippen molar-refractivity contribution in [2.75, 3.05) is 0 Å². The summed E-state index contributed by atoms with van der Waals surface area (Å²) in [5, 5.41) is 7.06. The maximum absolute atomic E-state index is 8.36. The molecule has 1 saturated heterocycles. The first-order valence-corrected chi connectivity index (χ1v) is 3.76. The topological polar surface area (TPSA) is 107 Å². The van der Waals surface area contributed by atoms with E-state index in [4.69, 9.17) is 15.8 Å². The van der Waals surface area contributed by atoms with Crippen LogP contribution in [0.15, 0.2) is 22.4 Å². The monoisotopic (exact) mass is 178 g/mol. The first-order valence-electron chi connectivity index (χ1n) is 3.76. The van der Waals surface area contributed by atoms with Crippen LogP contribution in [0.3, 0.4) is 0 Å². The van der Waals surface area contributed by atoms with Crippen LogP contribution in [0.1, 0.15) is 6.42 Å². The lowest BCUT2D eigenvalue weighted by Crippen LogP contribution is -2.31. The first kappa shape index (κ1) is 7.94. The number of hydrogen-bond donors (Lipinski definition) is 0. The average molecular weight is 178 g/mol. The van der Waals surface area contributed by atoms with E-state index in [1.165, 1.54) is 0 Å². The van der Waals surface area contributed by atoms with E-state index in [0.29, 0.717) is 6.42 Å². The smallest absolute Gasteiger partial charge is 0.152 e. The normalized spacial score (nSPS) is 39.7. The number of ether oxygens (including phenoxy) is 1. The minimum absolute atomic E-state index is 0.0824. The van der Waals surface area contributed by atoms with Gasteiger partial charge >= 0.3 is 0 Å². The van der Waals surface area contributed by atoms with Crippen LogP contribution in [0.5, 0.6) is 0 Å². The van der Waals surface area contributed by atoms with Gasteiger partial charge in [-0.2, -0.15) is 0 Å². The lowest BCUT2D eigenvalue weighted by molar-refractivity contribution is 0.0544. The van der Waals surface area contributed by atoms with Crippen molar-refractivity contribution in [3.63, 3.8) is 0 Å². The van der Waals surface area contributed by atoms with Crippen molar-refractivity contribution < 1.29 is 4.74 Å². The van der Waals surface area contributed by atoms with Gasteiger partial charge in [-0.05, 0) is 17.5 Å². The summed E-state index contributed by atoms with van der Waals surface area (Å²) in [7, 11) is 0. The van der Waals surface area contributed by atoms with Crippen molar-refractivity contribution in [3.8, 4) is 0 Å². The van der Waals surface area contributed by atoms with E-state index in [2.05, 4.69) is 20.1 Å². The summed E-state index contributed by atoms with van der Waals surface area (Å²) >= 11 is 0. The van der Waals surface area contributed by atoms with Crippen LogP contribution in [0.25, 0.3) is 20.9 Å². The summed E-state index contributed by atoms with van der Waals surface area (Å²) in [5.74, 6) is 0. The van der Waals surface area contributed by atoms with Crippen LogP contribution in [0, 0.1) is 0 Å². The van der Waals surface area contributed by atoms with Gasteiger partial charge in [-0.1, -0.05) is 22.4 Å². The van der Waals surface area contributed by atoms with Gasteiger partial charge in [0.2, 0.25) is 0 Å². The van der Waals surface area contributed by atoms with E-state index < -0.39 is 11.8 Å². The summed E-state index contributed by atoms with van der Waals surface area (Å²) in [6, 6.07) is 0. The predicted octanol–water partition coefficient (Wildman–Crippen LogP) is 2.03. The fourth-order valence-corrected chi connectivity index (χ4v) is 1.67. The largest absolute Gasteiger partial charge is 0.364 e. The zero-order valence-corrected chi connectivity index (χ0v) is 6.61. The SMILES string of the molecule is [N-]=[N+]=NC1OC2C=CC1(N=[N+]=[N-])C2. The van der Waals surface area contributed by atoms with E-state index in [9.17, 15) is 0 Å². The van der Waals surface area contributed by atoms with Gasteiger partial charge in [0.1, 0.15) is 5.54 Å². The van der Waals surface area contributed by atoms with E-state index in [1.54, 1.807) is 6.08 Å². The van der Waals surface area contributed by atoms with Crippen molar-refractivity contribution in [1.82, 2.24) is 0 Å². The van der Waals surface area contributed by atoms with E-state index in [1.807, 2.05) is 6.08 Å². The van der Waals surface area contributed by atoms with Gasteiger partial charge < -0.3 is 4.74 Å². The minimum atomic E-state index is -0.786. The third-order valence-electron chi connectivity index (χ3n) is 2.25. The predicted molar refractivity (Wildman–Crippen MR) is 43.4 cm³/mol. The van der Waals surface area contributed by atoms with Gasteiger partial charge in [0.05, 0.1) is 6.10 Å². The summed E-state index contributed by atoms with van der Waals surface area (Å²) in [6.07, 6.45) is 3.36. The van der Waals surface area contributed by atoms with E-state index in [-0.39, 0.29) is 6.10 Å². The van der Waals surface area contributed by atoms with Gasteiger partial charge in [-0.15, -0.1) is 0 Å². The molecule has 2 rings (SSSR count). The molecule has 0 aromatic heterocycles. The zero-order chi connectivity index (χ0) is 9.31. The van der Waals surface area contributed by atoms with Gasteiger partial charge in [-0.25, -0.2) is 0 Å². The molecular weight excluding hydrogens is 172 g/mol. The Hall–Kier alpha value is -1.68. The Kier molecular flexibility index (Phi) is 1.63. The molecule has 0 saturated carbocycles. The molecule has 66 valence electrons. The summed E-state index contributed by atoms with van der Waals surface area (Å²) < 4.78 is 5.28. The van der Waals surface area contributed by atoms with Crippen LogP contribution in [-0.2, 0) is 4.74 Å². The second-order valence-corrected chi connectivity index (χ2v) is 2.98. The van der Waals surface area contributed by atoms with E-state index in [0.717, 1.165) is 0 Å². The second kappa shape index (κ2) is 2.67. The van der Waals surface area contributed by atoms with E-state index >= 15 is 0 Å². The van der Waals surface area contributed by atoms with Gasteiger partial charge in [-0.3, -0.25) is 0 Å². The highest BCUT2D eigenvalue weighted by Gasteiger charge is 2.49. The van der Waals surface area contributed by atoms with Crippen LogP contribution < -0.4 is 0 Å².